The molecule has 20 heavy (non-hydrogen) atoms. The molecule has 0 N–H and O–H groups in total. The predicted octanol–water partition coefficient (Wildman–Crippen LogP) is 3.12. The Balaban J connectivity index is 2.43. The lowest BCUT2D eigenvalue weighted by Gasteiger charge is -2.24. The molecule has 0 saturated heterocycles. The van der Waals surface area contributed by atoms with E-state index in [-0.39, 0.29) is 6.04 Å². The standard InChI is InChI=1S/C13H16ClF2NO2S/c1-8(9-3-4-9)17(2)20(18,19)12-6-5-11(15)10(7-14)13(12)16/h5-6,8-9H,3-4,7H2,1-2H3. The van der Waals surface area contributed by atoms with Gasteiger partial charge in [-0.3, -0.25) is 0 Å². The second-order valence-corrected chi connectivity index (χ2v) is 7.30. The average molecular weight is 324 g/mol. The molecule has 7 heteroatoms. The molecule has 1 unspecified atom stereocenters. The predicted molar refractivity (Wildman–Crippen MR) is 73.0 cm³/mol. The number of alkyl halides is 1. The largest absolute Gasteiger partial charge is 0.245 e. The van der Waals surface area contributed by atoms with Crippen molar-refractivity contribution in [1.29, 1.82) is 0 Å². The second kappa shape index (κ2) is 5.58. The van der Waals surface area contributed by atoms with Gasteiger partial charge in [0.25, 0.3) is 0 Å². The third kappa shape index (κ3) is 2.69. The number of benzene rings is 1. The fraction of sp³-hybridized carbons (Fsp3) is 0.538. The first-order valence-corrected chi connectivity index (χ1v) is 8.29. The minimum Gasteiger partial charge on any atom is -0.207 e. The molecular formula is C13H16ClF2NO2S. The van der Waals surface area contributed by atoms with Crippen molar-refractivity contribution in [2.24, 2.45) is 5.92 Å². The fourth-order valence-electron chi connectivity index (χ4n) is 2.15. The smallest absolute Gasteiger partial charge is 0.207 e. The zero-order valence-electron chi connectivity index (χ0n) is 11.2. The zero-order chi connectivity index (χ0) is 15.1. The normalized spacial score (nSPS) is 17.5. The van der Waals surface area contributed by atoms with Crippen LogP contribution in [0.15, 0.2) is 17.0 Å². The van der Waals surface area contributed by atoms with E-state index in [1.54, 1.807) is 6.92 Å². The van der Waals surface area contributed by atoms with Crippen LogP contribution in [-0.4, -0.2) is 25.8 Å². The highest BCUT2D eigenvalue weighted by atomic mass is 35.5. The van der Waals surface area contributed by atoms with Crippen molar-refractivity contribution in [3.8, 4) is 0 Å². The van der Waals surface area contributed by atoms with Crippen LogP contribution >= 0.6 is 11.6 Å². The number of sulfonamides is 1. The molecule has 0 amide bonds. The highest BCUT2D eigenvalue weighted by molar-refractivity contribution is 7.89. The molecule has 0 aromatic heterocycles. The average Bonchev–Trinajstić information content (AvgIpc) is 3.21. The highest BCUT2D eigenvalue weighted by Gasteiger charge is 2.37. The van der Waals surface area contributed by atoms with Gasteiger partial charge in [0.15, 0.2) is 5.82 Å². The summed E-state index contributed by atoms with van der Waals surface area (Å²) in [5, 5.41) is 0. The maximum Gasteiger partial charge on any atom is 0.245 e. The van der Waals surface area contributed by atoms with Crippen molar-refractivity contribution in [2.75, 3.05) is 7.05 Å². The summed E-state index contributed by atoms with van der Waals surface area (Å²) in [5.41, 5.74) is -0.416. The first-order chi connectivity index (χ1) is 9.30. The Kier molecular flexibility index (Phi) is 4.37. The van der Waals surface area contributed by atoms with Crippen LogP contribution in [0.1, 0.15) is 25.3 Å². The Hall–Kier alpha value is -0.720. The van der Waals surface area contributed by atoms with Gasteiger partial charge < -0.3 is 0 Å². The van der Waals surface area contributed by atoms with Crippen LogP contribution in [0.5, 0.6) is 0 Å². The lowest BCUT2D eigenvalue weighted by atomic mass is 10.2. The third-order valence-electron chi connectivity index (χ3n) is 3.82. The van der Waals surface area contributed by atoms with Crippen LogP contribution in [-0.2, 0) is 15.9 Å². The molecule has 0 bridgehead atoms. The third-order valence-corrected chi connectivity index (χ3v) is 6.05. The SMILES string of the molecule is CC(C1CC1)N(C)S(=O)(=O)c1ccc(F)c(CCl)c1F. The van der Waals surface area contributed by atoms with Crippen molar-refractivity contribution < 1.29 is 17.2 Å². The molecule has 0 spiro atoms. The summed E-state index contributed by atoms with van der Waals surface area (Å²) in [6.45, 7) is 1.79. The van der Waals surface area contributed by atoms with Gasteiger partial charge in [-0.05, 0) is 37.8 Å². The minimum absolute atomic E-state index is 0.205. The molecule has 0 heterocycles. The summed E-state index contributed by atoms with van der Waals surface area (Å²) < 4.78 is 53.5. The molecule has 0 aliphatic heterocycles. The lowest BCUT2D eigenvalue weighted by molar-refractivity contribution is 0.355. The molecule has 1 aromatic rings. The van der Waals surface area contributed by atoms with Crippen molar-refractivity contribution in [1.82, 2.24) is 4.31 Å². The van der Waals surface area contributed by atoms with Gasteiger partial charge in [-0.2, -0.15) is 4.31 Å². The summed E-state index contributed by atoms with van der Waals surface area (Å²) in [6.07, 6.45) is 1.94. The quantitative estimate of drug-likeness (QED) is 0.781. The molecule has 2 rings (SSSR count). The first kappa shape index (κ1) is 15.7. The molecule has 3 nitrogen and oxygen atoms in total. The van der Waals surface area contributed by atoms with Gasteiger partial charge in [0.2, 0.25) is 10.0 Å². The van der Waals surface area contributed by atoms with E-state index in [2.05, 4.69) is 0 Å². The van der Waals surface area contributed by atoms with Gasteiger partial charge in [-0.25, -0.2) is 17.2 Å². The van der Waals surface area contributed by atoms with Crippen molar-refractivity contribution >= 4 is 21.6 Å². The molecule has 1 atom stereocenters. The lowest BCUT2D eigenvalue weighted by Crippen LogP contribution is -2.37. The zero-order valence-corrected chi connectivity index (χ0v) is 12.8. The highest BCUT2D eigenvalue weighted by Crippen LogP contribution is 2.37. The molecule has 1 saturated carbocycles. The van der Waals surface area contributed by atoms with Gasteiger partial charge in [0.1, 0.15) is 10.7 Å². The number of halogens is 3. The van der Waals surface area contributed by atoms with Crippen molar-refractivity contribution in [3.63, 3.8) is 0 Å². The van der Waals surface area contributed by atoms with E-state index in [4.69, 9.17) is 11.6 Å². The van der Waals surface area contributed by atoms with Crippen LogP contribution < -0.4 is 0 Å². The van der Waals surface area contributed by atoms with Gasteiger partial charge in [-0.1, -0.05) is 0 Å². The summed E-state index contributed by atoms with van der Waals surface area (Å²) >= 11 is 5.47. The molecule has 1 fully saturated rings. The fourth-order valence-corrected chi connectivity index (χ4v) is 3.90. The van der Waals surface area contributed by atoms with E-state index in [0.29, 0.717) is 5.92 Å². The number of nitrogens with zero attached hydrogens (tertiary/aromatic N) is 1. The first-order valence-electron chi connectivity index (χ1n) is 6.31. The second-order valence-electron chi connectivity index (χ2n) is 5.07. The van der Waals surface area contributed by atoms with Crippen molar-refractivity contribution in [3.05, 3.63) is 29.3 Å². The van der Waals surface area contributed by atoms with E-state index >= 15 is 0 Å². The van der Waals surface area contributed by atoms with Gasteiger partial charge in [-0.15, -0.1) is 11.6 Å². The van der Waals surface area contributed by atoms with Gasteiger partial charge >= 0.3 is 0 Å². The van der Waals surface area contributed by atoms with Gasteiger partial charge in [0.05, 0.1) is 5.88 Å². The minimum atomic E-state index is -3.99. The number of hydrogen-bond acceptors (Lipinski definition) is 2. The summed E-state index contributed by atoms with van der Waals surface area (Å²) in [6, 6.07) is 1.68. The van der Waals surface area contributed by atoms with Crippen LogP contribution in [0.2, 0.25) is 0 Å². The monoisotopic (exact) mass is 323 g/mol. The Labute approximate surface area is 122 Å². The van der Waals surface area contributed by atoms with Crippen LogP contribution in [0.4, 0.5) is 8.78 Å². The molecule has 1 aromatic carbocycles. The van der Waals surface area contributed by atoms with Crippen LogP contribution in [0.25, 0.3) is 0 Å². The van der Waals surface area contributed by atoms with Gasteiger partial charge in [0, 0.05) is 18.7 Å². The Morgan fingerprint density at radius 3 is 2.50 bits per heavy atom. The van der Waals surface area contributed by atoms with E-state index in [1.807, 2.05) is 0 Å². The number of hydrogen-bond donors (Lipinski definition) is 0. The molecular weight excluding hydrogens is 308 g/mol. The topological polar surface area (TPSA) is 37.4 Å². The van der Waals surface area contributed by atoms with E-state index in [0.717, 1.165) is 29.3 Å². The maximum absolute atomic E-state index is 14.1. The molecule has 1 aliphatic rings. The summed E-state index contributed by atoms with van der Waals surface area (Å²) in [7, 11) is -2.57. The summed E-state index contributed by atoms with van der Waals surface area (Å²) in [4.78, 5) is -0.524. The Morgan fingerprint density at radius 2 is 2.00 bits per heavy atom. The maximum atomic E-state index is 14.1. The molecule has 112 valence electrons. The Morgan fingerprint density at radius 1 is 1.40 bits per heavy atom. The Bertz CT molecular complexity index is 617. The number of rotatable bonds is 5. The molecule has 1 aliphatic carbocycles. The van der Waals surface area contributed by atoms with Crippen LogP contribution in [0, 0.1) is 17.6 Å². The summed E-state index contributed by atoms with van der Waals surface area (Å²) in [5.74, 6) is -2.04. The van der Waals surface area contributed by atoms with E-state index in [1.165, 1.54) is 7.05 Å². The molecule has 0 radical (unpaired) electrons. The van der Waals surface area contributed by atoms with E-state index in [9.17, 15) is 17.2 Å². The van der Waals surface area contributed by atoms with E-state index < -0.39 is 38.0 Å². The van der Waals surface area contributed by atoms with Crippen molar-refractivity contribution in [2.45, 2.75) is 36.6 Å². The van der Waals surface area contributed by atoms with Crippen LogP contribution in [0.3, 0.4) is 0 Å².